The van der Waals surface area contributed by atoms with Crippen molar-refractivity contribution >= 4 is 45.8 Å². The summed E-state index contributed by atoms with van der Waals surface area (Å²) < 4.78 is 7.75. The van der Waals surface area contributed by atoms with Crippen molar-refractivity contribution in [2.75, 3.05) is 6.61 Å². The van der Waals surface area contributed by atoms with Crippen LogP contribution in [0.1, 0.15) is 55.8 Å². The summed E-state index contributed by atoms with van der Waals surface area (Å²) in [5.74, 6) is 0.0135. The second-order valence-electron chi connectivity index (χ2n) is 9.14. The lowest BCUT2D eigenvalue weighted by molar-refractivity contribution is -0.121. The van der Waals surface area contributed by atoms with Gasteiger partial charge < -0.3 is 10.1 Å². The van der Waals surface area contributed by atoms with E-state index >= 15 is 0 Å². The van der Waals surface area contributed by atoms with Gasteiger partial charge in [0, 0.05) is 29.6 Å². The van der Waals surface area contributed by atoms with Gasteiger partial charge in [-0.1, -0.05) is 36.0 Å². The smallest absolute Gasteiger partial charge is 0.331 e. The molecule has 10 heteroatoms. The normalized spacial score (nSPS) is 13.7. The zero-order valence-electron chi connectivity index (χ0n) is 20.6. The van der Waals surface area contributed by atoms with Crippen LogP contribution >= 0.6 is 23.2 Å². The van der Waals surface area contributed by atoms with Gasteiger partial charge >= 0.3 is 5.69 Å². The minimum Gasteiger partial charge on any atom is -0.492 e. The molecule has 0 spiro atoms. The van der Waals surface area contributed by atoms with Crippen molar-refractivity contribution < 1.29 is 14.3 Å². The van der Waals surface area contributed by atoms with Crippen LogP contribution < -0.4 is 21.3 Å². The van der Waals surface area contributed by atoms with Crippen molar-refractivity contribution in [3.63, 3.8) is 0 Å². The Morgan fingerprint density at radius 1 is 1.05 bits per heavy atom. The van der Waals surface area contributed by atoms with Crippen LogP contribution in [0.3, 0.4) is 0 Å². The van der Waals surface area contributed by atoms with E-state index < -0.39 is 11.2 Å². The Kier molecular flexibility index (Phi) is 8.71. The molecule has 3 aromatic rings. The number of halogens is 2. The van der Waals surface area contributed by atoms with E-state index in [-0.39, 0.29) is 47.7 Å². The first kappa shape index (κ1) is 26.9. The third-order valence-electron chi connectivity index (χ3n) is 6.55. The van der Waals surface area contributed by atoms with E-state index in [1.54, 1.807) is 24.3 Å². The van der Waals surface area contributed by atoms with Gasteiger partial charge in [-0.2, -0.15) is 0 Å². The lowest BCUT2D eigenvalue weighted by atomic mass is 10.1. The van der Waals surface area contributed by atoms with Gasteiger partial charge in [-0.3, -0.25) is 23.5 Å². The molecule has 1 heterocycles. The second kappa shape index (κ2) is 12.0. The van der Waals surface area contributed by atoms with Crippen molar-refractivity contribution in [3.8, 4) is 5.75 Å². The molecule has 0 aliphatic heterocycles. The maximum Gasteiger partial charge on any atom is 0.331 e. The van der Waals surface area contributed by atoms with E-state index in [9.17, 15) is 19.2 Å². The van der Waals surface area contributed by atoms with Crippen LogP contribution in [0.4, 0.5) is 0 Å². The van der Waals surface area contributed by atoms with Crippen molar-refractivity contribution in [2.45, 2.75) is 64.6 Å². The zero-order chi connectivity index (χ0) is 26.5. The summed E-state index contributed by atoms with van der Waals surface area (Å²) in [7, 11) is 0. The number of nitrogens with one attached hydrogen (secondary N) is 1. The summed E-state index contributed by atoms with van der Waals surface area (Å²) >= 11 is 12.4. The lowest BCUT2D eigenvalue weighted by Crippen LogP contribution is -2.41. The van der Waals surface area contributed by atoms with E-state index in [4.69, 9.17) is 27.9 Å². The minimum atomic E-state index is -0.624. The molecule has 0 radical (unpaired) electrons. The van der Waals surface area contributed by atoms with Crippen molar-refractivity contribution in [1.82, 2.24) is 14.5 Å². The average molecular weight is 546 g/mol. The molecule has 1 aliphatic carbocycles. The highest BCUT2D eigenvalue weighted by molar-refractivity contribution is 6.32. The predicted octanol–water partition coefficient (Wildman–Crippen LogP) is 4.59. The highest BCUT2D eigenvalue weighted by atomic mass is 35.5. The Labute approximate surface area is 224 Å². The summed E-state index contributed by atoms with van der Waals surface area (Å²) in [5.41, 5.74) is -0.517. The number of benzene rings is 2. The van der Waals surface area contributed by atoms with Crippen molar-refractivity contribution in [1.29, 1.82) is 0 Å². The molecule has 1 amide bonds. The van der Waals surface area contributed by atoms with Crippen LogP contribution in [-0.2, 0) is 17.9 Å². The third kappa shape index (κ3) is 6.25. The van der Waals surface area contributed by atoms with Gasteiger partial charge in [-0.25, -0.2) is 4.79 Å². The molecule has 1 aromatic heterocycles. The fourth-order valence-electron chi connectivity index (χ4n) is 4.70. The van der Waals surface area contributed by atoms with Crippen LogP contribution in [0.25, 0.3) is 10.9 Å². The van der Waals surface area contributed by atoms with Crippen LogP contribution in [0.2, 0.25) is 10.0 Å². The molecule has 0 bridgehead atoms. The molecular weight excluding hydrogens is 517 g/mol. The zero-order valence-corrected chi connectivity index (χ0v) is 22.1. The summed E-state index contributed by atoms with van der Waals surface area (Å²) in [6, 6.07) is 9.50. The van der Waals surface area contributed by atoms with E-state index in [1.165, 1.54) is 16.7 Å². The van der Waals surface area contributed by atoms with Gasteiger partial charge in [0.15, 0.2) is 5.78 Å². The maximum absolute atomic E-state index is 13.4. The number of hydrogen-bond donors (Lipinski definition) is 1. The van der Waals surface area contributed by atoms with Gasteiger partial charge in [0.1, 0.15) is 5.75 Å². The SMILES string of the molecule is CCOc1ccc(C(=O)Cn2c(=O)n(CCCC(=O)NC3CCCC3)c(=O)c3cc(Cl)ccc32)cc1Cl. The van der Waals surface area contributed by atoms with Gasteiger partial charge in [0.25, 0.3) is 5.56 Å². The first-order valence-electron chi connectivity index (χ1n) is 12.5. The van der Waals surface area contributed by atoms with Gasteiger partial charge in [0.2, 0.25) is 5.91 Å². The summed E-state index contributed by atoms with van der Waals surface area (Å²) in [6.45, 7) is 2.00. The Bertz CT molecular complexity index is 1440. The number of hydrogen-bond acceptors (Lipinski definition) is 5. The molecular formula is C27H29Cl2N3O5. The van der Waals surface area contributed by atoms with Crippen molar-refractivity contribution in [2.24, 2.45) is 0 Å². The Hall–Kier alpha value is -3.10. The highest BCUT2D eigenvalue weighted by Crippen LogP contribution is 2.26. The standard InChI is InChI=1S/C27H29Cl2N3O5/c1-2-37-24-12-9-17(14-21(24)29)23(33)16-32-22-11-10-18(28)15-20(22)26(35)31(27(32)36)13-5-8-25(34)30-19-6-3-4-7-19/h9-12,14-15,19H,2-8,13,16H2,1H3,(H,30,34). The number of ether oxygens (including phenoxy) is 1. The molecule has 37 heavy (non-hydrogen) atoms. The molecule has 1 N–H and O–H groups in total. The molecule has 2 aromatic carbocycles. The predicted molar refractivity (Wildman–Crippen MR) is 144 cm³/mol. The Morgan fingerprint density at radius 2 is 1.81 bits per heavy atom. The number of amides is 1. The number of Topliss-reactive ketones (excluding diaryl/α,β-unsaturated/α-hetero) is 1. The number of aromatic nitrogens is 2. The Morgan fingerprint density at radius 3 is 2.51 bits per heavy atom. The first-order valence-corrected chi connectivity index (χ1v) is 13.2. The van der Waals surface area contributed by atoms with Crippen LogP contribution in [0.15, 0.2) is 46.0 Å². The third-order valence-corrected chi connectivity index (χ3v) is 7.08. The average Bonchev–Trinajstić information content (AvgIpc) is 3.38. The van der Waals surface area contributed by atoms with Gasteiger partial charge in [-0.05, 0) is 62.6 Å². The van der Waals surface area contributed by atoms with E-state index in [2.05, 4.69) is 5.32 Å². The molecule has 1 fully saturated rings. The highest BCUT2D eigenvalue weighted by Gasteiger charge is 2.19. The fraction of sp³-hybridized carbons (Fsp3) is 0.407. The summed E-state index contributed by atoms with van der Waals surface area (Å²) in [4.78, 5) is 52.0. The molecule has 0 saturated heterocycles. The Balaban J connectivity index is 1.60. The lowest BCUT2D eigenvalue weighted by Gasteiger charge is -2.15. The molecule has 0 unspecified atom stereocenters. The molecule has 4 rings (SSSR count). The topological polar surface area (TPSA) is 99.4 Å². The fourth-order valence-corrected chi connectivity index (χ4v) is 5.10. The molecule has 196 valence electrons. The summed E-state index contributed by atoms with van der Waals surface area (Å²) in [6.07, 6.45) is 4.69. The molecule has 8 nitrogen and oxygen atoms in total. The number of carbonyl (C=O) groups is 2. The number of fused-ring (bicyclic) bond motifs is 1. The van der Waals surface area contributed by atoms with Crippen LogP contribution in [-0.4, -0.2) is 33.5 Å². The van der Waals surface area contributed by atoms with E-state index in [0.717, 1.165) is 30.3 Å². The van der Waals surface area contributed by atoms with Crippen LogP contribution in [0.5, 0.6) is 5.75 Å². The number of rotatable bonds is 10. The van der Waals surface area contributed by atoms with E-state index in [0.29, 0.717) is 34.9 Å². The monoisotopic (exact) mass is 545 g/mol. The second-order valence-corrected chi connectivity index (χ2v) is 9.98. The number of nitrogens with zero attached hydrogens (tertiary/aromatic N) is 2. The molecule has 1 aliphatic rings. The maximum atomic E-state index is 13.4. The van der Waals surface area contributed by atoms with Crippen LogP contribution in [0, 0.1) is 0 Å². The quantitative estimate of drug-likeness (QED) is 0.375. The number of ketones is 1. The van der Waals surface area contributed by atoms with Gasteiger partial charge in [0.05, 0.1) is 29.1 Å². The van der Waals surface area contributed by atoms with Crippen molar-refractivity contribution in [3.05, 3.63) is 72.8 Å². The first-order chi connectivity index (χ1) is 17.8. The molecule has 1 saturated carbocycles. The number of carbonyl (C=O) groups excluding carboxylic acids is 2. The largest absolute Gasteiger partial charge is 0.492 e. The van der Waals surface area contributed by atoms with E-state index in [1.807, 2.05) is 6.92 Å². The summed E-state index contributed by atoms with van der Waals surface area (Å²) in [5, 5.41) is 3.86. The van der Waals surface area contributed by atoms with Gasteiger partial charge in [-0.15, -0.1) is 0 Å². The minimum absolute atomic E-state index is 0.0429. The molecule has 0 atom stereocenters.